The van der Waals surface area contributed by atoms with Gasteiger partial charge in [-0.15, -0.1) is 0 Å². The van der Waals surface area contributed by atoms with Crippen molar-refractivity contribution in [2.24, 2.45) is 0 Å². The number of carboxylic acid groups (broad SMARTS) is 1. The van der Waals surface area contributed by atoms with Crippen LogP contribution >= 0.6 is 0 Å². The number of aromatic carboxylic acids is 1. The molecule has 1 aromatic heterocycles. The van der Waals surface area contributed by atoms with Crippen molar-refractivity contribution in [3.05, 3.63) is 29.5 Å². The lowest BCUT2D eigenvalue weighted by Crippen LogP contribution is -2.04. The molecule has 1 unspecified atom stereocenters. The number of H-pyrrole nitrogens is 1. The van der Waals surface area contributed by atoms with E-state index in [0.717, 1.165) is 12.1 Å². The van der Waals surface area contributed by atoms with E-state index in [9.17, 15) is 9.90 Å². The third kappa shape index (κ3) is 1.93. The molecular formula is C13H13NO4. The molecule has 1 aliphatic heterocycles. The van der Waals surface area contributed by atoms with E-state index in [4.69, 9.17) is 9.47 Å². The van der Waals surface area contributed by atoms with Crippen LogP contribution in [0.3, 0.4) is 0 Å². The van der Waals surface area contributed by atoms with Crippen LogP contribution in [0.25, 0.3) is 10.9 Å². The molecule has 3 rings (SSSR count). The average molecular weight is 247 g/mol. The third-order valence-electron chi connectivity index (χ3n) is 3.01. The van der Waals surface area contributed by atoms with Crippen LogP contribution in [0.1, 0.15) is 16.1 Å². The summed E-state index contributed by atoms with van der Waals surface area (Å²) in [6, 6.07) is 5.41. The maximum absolute atomic E-state index is 11.2. The first-order valence-electron chi connectivity index (χ1n) is 5.75. The second kappa shape index (κ2) is 4.03. The maximum Gasteiger partial charge on any atom is 0.338 e. The lowest BCUT2D eigenvalue weighted by Gasteiger charge is -2.04. The Morgan fingerprint density at radius 2 is 2.39 bits per heavy atom. The highest BCUT2D eigenvalue weighted by molar-refractivity contribution is 6.05. The summed E-state index contributed by atoms with van der Waals surface area (Å²) in [5.41, 5.74) is 1.76. The van der Waals surface area contributed by atoms with Crippen LogP contribution in [0, 0.1) is 6.92 Å². The molecule has 1 fully saturated rings. The Balaban J connectivity index is 1.97. The molecule has 2 N–H and O–H groups in total. The van der Waals surface area contributed by atoms with E-state index in [1.807, 2.05) is 12.1 Å². The van der Waals surface area contributed by atoms with Crippen LogP contribution in [0.2, 0.25) is 0 Å². The number of aromatic amines is 1. The molecule has 1 saturated heterocycles. The molecule has 5 heteroatoms. The van der Waals surface area contributed by atoms with Gasteiger partial charge in [0.05, 0.1) is 12.2 Å². The van der Waals surface area contributed by atoms with Gasteiger partial charge in [-0.25, -0.2) is 4.79 Å². The van der Waals surface area contributed by atoms with Crippen LogP contribution in [0.5, 0.6) is 5.75 Å². The molecule has 0 saturated carbocycles. The number of aromatic nitrogens is 1. The molecule has 2 aromatic rings. The van der Waals surface area contributed by atoms with E-state index in [2.05, 4.69) is 4.98 Å². The lowest BCUT2D eigenvalue weighted by atomic mass is 10.1. The zero-order valence-electron chi connectivity index (χ0n) is 9.90. The van der Waals surface area contributed by atoms with Crippen molar-refractivity contribution in [3.63, 3.8) is 0 Å². The molecular weight excluding hydrogens is 234 g/mol. The van der Waals surface area contributed by atoms with E-state index in [1.165, 1.54) is 0 Å². The van der Waals surface area contributed by atoms with Gasteiger partial charge in [0.25, 0.3) is 0 Å². The Morgan fingerprint density at radius 1 is 1.61 bits per heavy atom. The van der Waals surface area contributed by atoms with Crippen molar-refractivity contribution < 1.29 is 19.4 Å². The number of hydrogen-bond acceptors (Lipinski definition) is 3. The summed E-state index contributed by atoms with van der Waals surface area (Å²) >= 11 is 0. The standard InChI is InChI=1S/C13H13NO4/c1-7-12(13(15)16)10-4-8(2-3-11(10)14-7)17-5-9-6-18-9/h2-4,9,14H,5-6H2,1H3,(H,15,16). The van der Waals surface area contributed by atoms with Gasteiger partial charge in [-0.05, 0) is 25.1 Å². The summed E-state index contributed by atoms with van der Waals surface area (Å²) < 4.78 is 10.6. The van der Waals surface area contributed by atoms with Gasteiger partial charge in [0.1, 0.15) is 18.5 Å². The molecule has 18 heavy (non-hydrogen) atoms. The predicted molar refractivity (Wildman–Crippen MR) is 65.2 cm³/mol. The molecule has 0 aliphatic carbocycles. The number of ether oxygens (including phenoxy) is 2. The number of carboxylic acids is 1. The number of aryl methyl sites for hydroxylation is 1. The van der Waals surface area contributed by atoms with Crippen LogP contribution < -0.4 is 4.74 Å². The minimum Gasteiger partial charge on any atom is -0.491 e. The van der Waals surface area contributed by atoms with Gasteiger partial charge in [0.2, 0.25) is 0 Å². The molecule has 0 amide bonds. The minimum atomic E-state index is -0.929. The summed E-state index contributed by atoms with van der Waals surface area (Å²) in [6.45, 7) is 3.01. The summed E-state index contributed by atoms with van der Waals surface area (Å²) in [5.74, 6) is -0.263. The van der Waals surface area contributed by atoms with Crippen molar-refractivity contribution >= 4 is 16.9 Å². The van der Waals surface area contributed by atoms with Gasteiger partial charge in [-0.1, -0.05) is 0 Å². The van der Waals surface area contributed by atoms with E-state index in [0.29, 0.717) is 29.0 Å². The highest BCUT2D eigenvalue weighted by Crippen LogP contribution is 2.27. The Bertz CT molecular complexity index is 613. The average Bonchev–Trinajstić information content (AvgIpc) is 3.07. The topological polar surface area (TPSA) is 74.8 Å². The van der Waals surface area contributed by atoms with E-state index in [1.54, 1.807) is 13.0 Å². The second-order valence-electron chi connectivity index (χ2n) is 4.40. The van der Waals surface area contributed by atoms with Crippen molar-refractivity contribution in [2.45, 2.75) is 13.0 Å². The fraction of sp³-hybridized carbons (Fsp3) is 0.308. The van der Waals surface area contributed by atoms with Crippen molar-refractivity contribution in [1.82, 2.24) is 4.98 Å². The number of nitrogens with one attached hydrogen (secondary N) is 1. The Hall–Kier alpha value is -2.01. The van der Waals surface area contributed by atoms with Crippen LogP contribution in [-0.4, -0.2) is 35.4 Å². The van der Waals surface area contributed by atoms with E-state index in [-0.39, 0.29) is 6.10 Å². The quantitative estimate of drug-likeness (QED) is 0.810. The Kier molecular flexibility index (Phi) is 2.48. The minimum absolute atomic E-state index is 0.188. The smallest absolute Gasteiger partial charge is 0.338 e. The zero-order valence-corrected chi connectivity index (χ0v) is 9.90. The van der Waals surface area contributed by atoms with Gasteiger partial charge in [0.15, 0.2) is 0 Å². The highest BCUT2D eigenvalue weighted by Gasteiger charge is 2.23. The number of benzene rings is 1. The summed E-state index contributed by atoms with van der Waals surface area (Å²) in [4.78, 5) is 14.3. The highest BCUT2D eigenvalue weighted by atomic mass is 16.6. The molecule has 1 atom stereocenters. The van der Waals surface area contributed by atoms with Crippen LogP contribution in [0.4, 0.5) is 0 Å². The van der Waals surface area contributed by atoms with Gasteiger partial charge in [0, 0.05) is 16.6 Å². The van der Waals surface area contributed by atoms with Gasteiger partial charge in [-0.2, -0.15) is 0 Å². The normalized spacial score (nSPS) is 17.9. The molecule has 1 aliphatic rings. The zero-order chi connectivity index (χ0) is 12.7. The molecule has 1 aromatic carbocycles. The first-order chi connectivity index (χ1) is 8.65. The number of hydrogen-bond donors (Lipinski definition) is 2. The van der Waals surface area contributed by atoms with Crippen molar-refractivity contribution in [2.75, 3.05) is 13.2 Å². The lowest BCUT2D eigenvalue weighted by molar-refractivity contribution is 0.0698. The largest absolute Gasteiger partial charge is 0.491 e. The molecule has 0 bridgehead atoms. The molecule has 94 valence electrons. The summed E-state index contributed by atoms with van der Waals surface area (Å²) in [5, 5.41) is 9.87. The van der Waals surface area contributed by atoms with Crippen LogP contribution in [-0.2, 0) is 4.74 Å². The fourth-order valence-corrected chi connectivity index (χ4v) is 2.02. The predicted octanol–water partition coefficient (Wildman–Crippen LogP) is 1.95. The summed E-state index contributed by atoms with van der Waals surface area (Å²) in [7, 11) is 0. The Morgan fingerprint density at radius 3 is 3.06 bits per heavy atom. The fourth-order valence-electron chi connectivity index (χ4n) is 2.02. The van der Waals surface area contributed by atoms with Crippen molar-refractivity contribution in [3.8, 4) is 5.75 Å². The number of rotatable bonds is 4. The Labute approximate surface area is 103 Å². The van der Waals surface area contributed by atoms with Gasteiger partial charge < -0.3 is 19.6 Å². The monoisotopic (exact) mass is 247 g/mol. The molecule has 5 nitrogen and oxygen atoms in total. The summed E-state index contributed by atoms with van der Waals surface area (Å²) in [6.07, 6.45) is 0.188. The van der Waals surface area contributed by atoms with E-state index >= 15 is 0 Å². The third-order valence-corrected chi connectivity index (χ3v) is 3.01. The SMILES string of the molecule is Cc1[nH]c2ccc(OCC3CO3)cc2c1C(=O)O. The van der Waals surface area contributed by atoms with Crippen molar-refractivity contribution in [1.29, 1.82) is 0 Å². The van der Waals surface area contributed by atoms with Gasteiger partial charge >= 0.3 is 5.97 Å². The number of carbonyl (C=O) groups is 1. The van der Waals surface area contributed by atoms with Crippen LogP contribution in [0.15, 0.2) is 18.2 Å². The van der Waals surface area contributed by atoms with E-state index < -0.39 is 5.97 Å². The first-order valence-corrected chi connectivity index (χ1v) is 5.75. The molecule has 2 heterocycles. The molecule has 0 radical (unpaired) electrons. The second-order valence-corrected chi connectivity index (χ2v) is 4.40. The maximum atomic E-state index is 11.2. The molecule has 0 spiro atoms. The van der Waals surface area contributed by atoms with Gasteiger partial charge in [-0.3, -0.25) is 0 Å². The number of fused-ring (bicyclic) bond motifs is 1. The first kappa shape index (κ1) is 11.1. The number of epoxide rings is 1.